The first-order valence-corrected chi connectivity index (χ1v) is 4.44. The Morgan fingerprint density at radius 2 is 2.42 bits per heavy atom. The first-order chi connectivity index (χ1) is 5.72. The van der Waals surface area contributed by atoms with Gasteiger partial charge in [0, 0.05) is 18.8 Å². The summed E-state index contributed by atoms with van der Waals surface area (Å²) < 4.78 is 7.54. The summed E-state index contributed by atoms with van der Waals surface area (Å²) in [5.41, 5.74) is 0.0902. The van der Waals surface area contributed by atoms with E-state index in [0.29, 0.717) is 0 Å². The van der Waals surface area contributed by atoms with E-state index < -0.39 is 0 Å². The molecule has 1 aromatic heterocycles. The van der Waals surface area contributed by atoms with Crippen LogP contribution in [0.3, 0.4) is 0 Å². The maximum Gasteiger partial charge on any atom is 0.233 e. The SMILES string of the molecule is CCn1ccc(OC2(C)CC2)n1. The zero-order chi connectivity index (χ0) is 8.60. The van der Waals surface area contributed by atoms with Gasteiger partial charge in [-0.15, -0.1) is 5.10 Å². The van der Waals surface area contributed by atoms with E-state index in [9.17, 15) is 0 Å². The van der Waals surface area contributed by atoms with Gasteiger partial charge in [-0.1, -0.05) is 0 Å². The molecule has 12 heavy (non-hydrogen) atoms. The molecule has 0 bridgehead atoms. The first-order valence-electron chi connectivity index (χ1n) is 4.44. The number of rotatable bonds is 3. The fourth-order valence-corrected chi connectivity index (χ4v) is 1.10. The number of hydrogen-bond donors (Lipinski definition) is 0. The third kappa shape index (κ3) is 1.44. The first kappa shape index (κ1) is 7.65. The van der Waals surface area contributed by atoms with Crippen molar-refractivity contribution in [3.8, 4) is 5.88 Å². The molecule has 3 heteroatoms. The molecule has 2 rings (SSSR count). The molecular weight excluding hydrogens is 152 g/mol. The summed E-state index contributed by atoms with van der Waals surface area (Å²) in [5, 5.41) is 4.25. The van der Waals surface area contributed by atoms with E-state index in [1.165, 1.54) is 0 Å². The molecule has 0 amide bonds. The van der Waals surface area contributed by atoms with Gasteiger partial charge >= 0.3 is 0 Å². The van der Waals surface area contributed by atoms with E-state index in [2.05, 4.69) is 18.9 Å². The monoisotopic (exact) mass is 166 g/mol. The van der Waals surface area contributed by atoms with Gasteiger partial charge in [0.05, 0.1) is 0 Å². The maximum absolute atomic E-state index is 5.66. The van der Waals surface area contributed by atoms with Crippen molar-refractivity contribution in [2.45, 2.75) is 38.8 Å². The predicted molar refractivity (Wildman–Crippen MR) is 46.2 cm³/mol. The maximum atomic E-state index is 5.66. The molecule has 0 atom stereocenters. The van der Waals surface area contributed by atoms with E-state index in [4.69, 9.17) is 4.74 Å². The zero-order valence-electron chi connectivity index (χ0n) is 7.58. The number of hydrogen-bond acceptors (Lipinski definition) is 2. The predicted octanol–water partition coefficient (Wildman–Crippen LogP) is 1.83. The third-order valence-electron chi connectivity index (χ3n) is 2.25. The quantitative estimate of drug-likeness (QED) is 0.685. The van der Waals surface area contributed by atoms with Crippen LogP contribution in [0.2, 0.25) is 0 Å². The van der Waals surface area contributed by atoms with Crippen LogP contribution in [0, 0.1) is 0 Å². The number of aromatic nitrogens is 2. The molecule has 0 N–H and O–H groups in total. The van der Waals surface area contributed by atoms with Crippen molar-refractivity contribution in [3.05, 3.63) is 12.3 Å². The van der Waals surface area contributed by atoms with Crippen molar-refractivity contribution in [1.82, 2.24) is 9.78 Å². The van der Waals surface area contributed by atoms with Gasteiger partial charge in [0.15, 0.2) is 0 Å². The van der Waals surface area contributed by atoms with E-state index in [1.54, 1.807) is 0 Å². The average molecular weight is 166 g/mol. The van der Waals surface area contributed by atoms with Crippen LogP contribution in [-0.4, -0.2) is 15.4 Å². The molecule has 1 fully saturated rings. The van der Waals surface area contributed by atoms with Crippen LogP contribution in [0.25, 0.3) is 0 Å². The fourth-order valence-electron chi connectivity index (χ4n) is 1.10. The van der Waals surface area contributed by atoms with E-state index in [1.807, 2.05) is 16.9 Å². The largest absolute Gasteiger partial charge is 0.470 e. The van der Waals surface area contributed by atoms with Crippen LogP contribution in [0.1, 0.15) is 26.7 Å². The summed E-state index contributed by atoms with van der Waals surface area (Å²) in [6, 6.07) is 1.92. The molecule has 1 saturated carbocycles. The minimum atomic E-state index is 0.0902. The molecule has 0 unspecified atom stereocenters. The Hall–Kier alpha value is -0.990. The summed E-state index contributed by atoms with van der Waals surface area (Å²) in [4.78, 5) is 0. The van der Waals surface area contributed by atoms with Gasteiger partial charge in [-0.2, -0.15) is 0 Å². The Kier molecular flexibility index (Phi) is 1.60. The molecule has 66 valence electrons. The number of aryl methyl sites for hydroxylation is 1. The third-order valence-corrected chi connectivity index (χ3v) is 2.25. The standard InChI is InChI=1S/C9H14N2O/c1-3-11-7-4-8(10-11)12-9(2)5-6-9/h4,7H,3,5-6H2,1-2H3. The molecule has 0 radical (unpaired) electrons. The normalized spacial score (nSPS) is 19.2. The molecular formula is C9H14N2O. The van der Waals surface area contributed by atoms with Gasteiger partial charge in [0.2, 0.25) is 5.88 Å². The molecule has 0 spiro atoms. The van der Waals surface area contributed by atoms with E-state index in [0.717, 1.165) is 25.3 Å². The zero-order valence-corrected chi connectivity index (χ0v) is 7.58. The molecule has 1 aliphatic carbocycles. The lowest BCUT2D eigenvalue weighted by molar-refractivity contribution is 0.189. The number of ether oxygens (including phenoxy) is 1. The van der Waals surface area contributed by atoms with Crippen LogP contribution in [0.4, 0.5) is 0 Å². The number of nitrogens with zero attached hydrogens (tertiary/aromatic N) is 2. The second-order valence-electron chi connectivity index (χ2n) is 3.56. The Morgan fingerprint density at radius 1 is 1.67 bits per heavy atom. The molecule has 1 aliphatic rings. The van der Waals surface area contributed by atoms with Crippen LogP contribution >= 0.6 is 0 Å². The van der Waals surface area contributed by atoms with Crippen LogP contribution in [0.5, 0.6) is 5.88 Å². The van der Waals surface area contributed by atoms with Crippen molar-refractivity contribution in [1.29, 1.82) is 0 Å². The Balaban J connectivity index is 2.03. The van der Waals surface area contributed by atoms with Gasteiger partial charge in [-0.3, -0.25) is 4.68 Å². The molecule has 0 aromatic carbocycles. The van der Waals surface area contributed by atoms with Gasteiger partial charge in [0.1, 0.15) is 5.60 Å². The van der Waals surface area contributed by atoms with E-state index >= 15 is 0 Å². The minimum Gasteiger partial charge on any atom is -0.470 e. The van der Waals surface area contributed by atoms with Crippen molar-refractivity contribution in [3.63, 3.8) is 0 Å². The smallest absolute Gasteiger partial charge is 0.233 e. The van der Waals surface area contributed by atoms with E-state index in [-0.39, 0.29) is 5.60 Å². The minimum absolute atomic E-state index is 0.0902. The summed E-state index contributed by atoms with van der Waals surface area (Å²) in [7, 11) is 0. The Labute approximate surface area is 72.3 Å². The fraction of sp³-hybridized carbons (Fsp3) is 0.667. The average Bonchev–Trinajstić information content (AvgIpc) is 2.63. The van der Waals surface area contributed by atoms with Gasteiger partial charge in [-0.05, 0) is 26.7 Å². The topological polar surface area (TPSA) is 27.1 Å². The van der Waals surface area contributed by atoms with Gasteiger partial charge in [-0.25, -0.2) is 0 Å². The molecule has 1 heterocycles. The van der Waals surface area contributed by atoms with Crippen molar-refractivity contribution in [2.75, 3.05) is 0 Å². The summed E-state index contributed by atoms with van der Waals surface area (Å²) >= 11 is 0. The highest BCUT2D eigenvalue weighted by Gasteiger charge is 2.40. The highest BCUT2D eigenvalue weighted by atomic mass is 16.5. The second kappa shape index (κ2) is 2.51. The summed E-state index contributed by atoms with van der Waals surface area (Å²) in [5.74, 6) is 0.761. The highest BCUT2D eigenvalue weighted by molar-refractivity contribution is 5.10. The highest BCUT2D eigenvalue weighted by Crippen LogP contribution is 2.38. The van der Waals surface area contributed by atoms with Crippen molar-refractivity contribution >= 4 is 0 Å². The van der Waals surface area contributed by atoms with Crippen LogP contribution in [0.15, 0.2) is 12.3 Å². The summed E-state index contributed by atoms with van der Waals surface area (Å²) in [6.45, 7) is 5.09. The van der Waals surface area contributed by atoms with Crippen molar-refractivity contribution in [2.24, 2.45) is 0 Å². The lowest BCUT2D eigenvalue weighted by Gasteiger charge is -2.08. The lowest BCUT2D eigenvalue weighted by atomic mass is 10.4. The summed E-state index contributed by atoms with van der Waals surface area (Å²) in [6.07, 6.45) is 4.26. The van der Waals surface area contributed by atoms with Gasteiger partial charge < -0.3 is 4.74 Å². The Bertz CT molecular complexity index is 276. The second-order valence-corrected chi connectivity index (χ2v) is 3.56. The van der Waals surface area contributed by atoms with Gasteiger partial charge in [0.25, 0.3) is 0 Å². The molecule has 1 aromatic rings. The lowest BCUT2D eigenvalue weighted by Crippen LogP contribution is -2.12. The molecule has 3 nitrogen and oxygen atoms in total. The van der Waals surface area contributed by atoms with Crippen LogP contribution < -0.4 is 4.74 Å². The van der Waals surface area contributed by atoms with Crippen LogP contribution in [-0.2, 0) is 6.54 Å². The molecule has 0 aliphatic heterocycles. The van der Waals surface area contributed by atoms with Crippen molar-refractivity contribution < 1.29 is 4.74 Å². The molecule has 0 saturated heterocycles. The Morgan fingerprint density at radius 3 is 2.92 bits per heavy atom.